The Kier molecular flexibility index (Phi) is 4.44. The Bertz CT molecular complexity index is 904. The minimum atomic E-state index is -4.33. The number of thioether (sulfide) groups is 1. The number of hydrogen-bond donors (Lipinski definition) is 0. The number of nitrogens with zero attached hydrogens (tertiary/aromatic N) is 4. The molecule has 134 valence electrons. The SMILES string of the molecule is FC(F)(F)c1cccc(CSc2nnc(-c3cccnc3)n2C2CC2)c1. The minimum Gasteiger partial charge on any atom is -0.299 e. The summed E-state index contributed by atoms with van der Waals surface area (Å²) in [6.45, 7) is 0. The van der Waals surface area contributed by atoms with Crippen LogP contribution in [0.5, 0.6) is 0 Å². The highest BCUT2D eigenvalue weighted by Gasteiger charge is 2.31. The Morgan fingerprint density at radius 3 is 2.65 bits per heavy atom. The normalized spacial score (nSPS) is 14.6. The maximum Gasteiger partial charge on any atom is 0.416 e. The van der Waals surface area contributed by atoms with Crippen LogP contribution in [0.2, 0.25) is 0 Å². The van der Waals surface area contributed by atoms with Crippen LogP contribution in [0.25, 0.3) is 11.4 Å². The van der Waals surface area contributed by atoms with Gasteiger partial charge in [0.15, 0.2) is 11.0 Å². The summed E-state index contributed by atoms with van der Waals surface area (Å²) >= 11 is 1.40. The molecule has 4 nitrogen and oxygen atoms in total. The Morgan fingerprint density at radius 1 is 1.12 bits per heavy atom. The molecule has 0 amide bonds. The molecule has 1 aliphatic rings. The average molecular weight is 376 g/mol. The van der Waals surface area contributed by atoms with Crippen molar-refractivity contribution in [2.45, 2.75) is 36.0 Å². The highest BCUT2D eigenvalue weighted by molar-refractivity contribution is 7.98. The summed E-state index contributed by atoms with van der Waals surface area (Å²) in [5.41, 5.74) is 0.867. The summed E-state index contributed by atoms with van der Waals surface area (Å²) in [6, 6.07) is 9.53. The Labute approximate surface area is 152 Å². The van der Waals surface area contributed by atoms with E-state index in [0.717, 1.165) is 35.5 Å². The Morgan fingerprint density at radius 2 is 1.96 bits per heavy atom. The molecular weight excluding hydrogens is 361 g/mol. The first-order valence-electron chi connectivity index (χ1n) is 8.16. The second kappa shape index (κ2) is 6.75. The molecule has 2 heterocycles. The number of pyridine rings is 1. The quantitative estimate of drug-likeness (QED) is 0.589. The molecule has 1 aromatic carbocycles. The van der Waals surface area contributed by atoms with Gasteiger partial charge in [-0.3, -0.25) is 9.55 Å². The molecule has 0 bridgehead atoms. The van der Waals surface area contributed by atoms with Gasteiger partial charge in [-0.05, 0) is 36.6 Å². The molecule has 1 saturated carbocycles. The lowest BCUT2D eigenvalue weighted by atomic mass is 10.1. The minimum absolute atomic E-state index is 0.351. The van der Waals surface area contributed by atoms with E-state index in [2.05, 4.69) is 19.7 Å². The van der Waals surface area contributed by atoms with Gasteiger partial charge in [-0.15, -0.1) is 10.2 Å². The molecule has 1 fully saturated rings. The Hall–Kier alpha value is -2.35. The van der Waals surface area contributed by atoms with Crippen molar-refractivity contribution in [3.05, 3.63) is 59.9 Å². The van der Waals surface area contributed by atoms with Crippen LogP contribution in [0, 0.1) is 0 Å². The lowest BCUT2D eigenvalue weighted by molar-refractivity contribution is -0.137. The average Bonchev–Trinajstić information content (AvgIpc) is 3.39. The standard InChI is InChI=1S/C18H15F3N4S/c19-18(20,21)14-5-1-3-12(9-14)11-26-17-24-23-16(25(17)15-6-7-15)13-4-2-8-22-10-13/h1-5,8-10,15H,6-7,11H2. The van der Waals surface area contributed by atoms with E-state index >= 15 is 0 Å². The van der Waals surface area contributed by atoms with Gasteiger partial charge in [0.05, 0.1) is 5.56 Å². The van der Waals surface area contributed by atoms with Gasteiger partial charge in [-0.1, -0.05) is 30.0 Å². The largest absolute Gasteiger partial charge is 0.416 e. The van der Waals surface area contributed by atoms with Crippen molar-refractivity contribution in [3.8, 4) is 11.4 Å². The lowest BCUT2D eigenvalue weighted by Crippen LogP contribution is -2.05. The lowest BCUT2D eigenvalue weighted by Gasteiger charge is -2.10. The maximum absolute atomic E-state index is 12.9. The van der Waals surface area contributed by atoms with E-state index in [1.165, 1.54) is 23.9 Å². The number of rotatable bonds is 5. The van der Waals surface area contributed by atoms with Crippen LogP contribution >= 0.6 is 11.8 Å². The molecule has 0 saturated heterocycles. The molecule has 8 heteroatoms. The molecule has 0 unspecified atom stereocenters. The fraction of sp³-hybridized carbons (Fsp3) is 0.278. The summed E-state index contributed by atoms with van der Waals surface area (Å²) in [7, 11) is 0. The van der Waals surface area contributed by atoms with E-state index in [9.17, 15) is 13.2 Å². The van der Waals surface area contributed by atoms with Crippen molar-refractivity contribution in [1.29, 1.82) is 0 Å². The zero-order valence-electron chi connectivity index (χ0n) is 13.6. The molecule has 4 rings (SSSR count). The van der Waals surface area contributed by atoms with Crippen molar-refractivity contribution in [1.82, 2.24) is 19.7 Å². The first-order chi connectivity index (χ1) is 12.5. The van der Waals surface area contributed by atoms with Crippen LogP contribution in [0.15, 0.2) is 53.9 Å². The predicted molar refractivity (Wildman–Crippen MR) is 92.5 cm³/mol. The van der Waals surface area contributed by atoms with Gasteiger partial charge in [-0.2, -0.15) is 13.2 Å². The highest BCUT2D eigenvalue weighted by atomic mass is 32.2. The molecule has 0 atom stereocenters. The van der Waals surface area contributed by atoms with Crippen molar-refractivity contribution < 1.29 is 13.2 Å². The van der Waals surface area contributed by atoms with Crippen LogP contribution < -0.4 is 0 Å². The Balaban J connectivity index is 1.57. The fourth-order valence-electron chi connectivity index (χ4n) is 2.71. The molecule has 1 aliphatic carbocycles. The summed E-state index contributed by atoms with van der Waals surface area (Å²) in [4.78, 5) is 4.12. The highest BCUT2D eigenvalue weighted by Crippen LogP contribution is 2.41. The smallest absolute Gasteiger partial charge is 0.299 e. The van der Waals surface area contributed by atoms with Crippen molar-refractivity contribution in [3.63, 3.8) is 0 Å². The van der Waals surface area contributed by atoms with Gasteiger partial charge in [0.25, 0.3) is 0 Å². The number of aromatic nitrogens is 4. The topological polar surface area (TPSA) is 43.6 Å². The number of halogens is 3. The third kappa shape index (κ3) is 3.60. The second-order valence-corrected chi connectivity index (χ2v) is 7.08. The van der Waals surface area contributed by atoms with Crippen LogP contribution in [-0.2, 0) is 11.9 Å². The monoisotopic (exact) mass is 376 g/mol. The summed E-state index contributed by atoms with van der Waals surface area (Å²) < 4.78 is 40.7. The summed E-state index contributed by atoms with van der Waals surface area (Å²) in [6.07, 6.45) is 1.22. The molecule has 26 heavy (non-hydrogen) atoms. The second-order valence-electron chi connectivity index (χ2n) is 6.14. The van der Waals surface area contributed by atoms with Crippen molar-refractivity contribution in [2.24, 2.45) is 0 Å². The van der Waals surface area contributed by atoms with E-state index in [1.54, 1.807) is 18.5 Å². The maximum atomic E-state index is 12.9. The van der Waals surface area contributed by atoms with Gasteiger partial charge in [0.2, 0.25) is 0 Å². The number of alkyl halides is 3. The third-order valence-corrected chi connectivity index (χ3v) is 5.13. The van der Waals surface area contributed by atoms with E-state index in [-0.39, 0.29) is 0 Å². The fourth-order valence-corrected chi connectivity index (χ4v) is 3.66. The third-order valence-electron chi connectivity index (χ3n) is 4.12. The van der Waals surface area contributed by atoms with Crippen LogP contribution in [0.3, 0.4) is 0 Å². The first-order valence-corrected chi connectivity index (χ1v) is 9.15. The van der Waals surface area contributed by atoms with Crippen LogP contribution in [0.1, 0.15) is 30.0 Å². The van der Waals surface area contributed by atoms with Gasteiger partial charge in [0.1, 0.15) is 0 Å². The summed E-state index contributed by atoms with van der Waals surface area (Å²) in [5.74, 6) is 1.16. The van der Waals surface area contributed by atoms with E-state index < -0.39 is 11.7 Å². The van der Waals surface area contributed by atoms with Gasteiger partial charge in [0, 0.05) is 29.8 Å². The molecule has 2 aromatic heterocycles. The first kappa shape index (κ1) is 17.1. The number of benzene rings is 1. The zero-order chi connectivity index (χ0) is 18.1. The van der Waals surface area contributed by atoms with E-state index in [0.29, 0.717) is 17.4 Å². The summed E-state index contributed by atoms with van der Waals surface area (Å²) in [5, 5.41) is 9.28. The van der Waals surface area contributed by atoms with Crippen LogP contribution in [-0.4, -0.2) is 19.7 Å². The molecule has 0 N–H and O–H groups in total. The van der Waals surface area contributed by atoms with Gasteiger partial charge >= 0.3 is 6.18 Å². The molecule has 0 aliphatic heterocycles. The predicted octanol–water partition coefficient (Wildman–Crippen LogP) is 4.99. The molecule has 0 radical (unpaired) electrons. The van der Waals surface area contributed by atoms with Crippen molar-refractivity contribution in [2.75, 3.05) is 0 Å². The van der Waals surface area contributed by atoms with Crippen LogP contribution in [0.4, 0.5) is 13.2 Å². The van der Waals surface area contributed by atoms with Gasteiger partial charge in [-0.25, -0.2) is 0 Å². The van der Waals surface area contributed by atoms with E-state index in [4.69, 9.17) is 0 Å². The number of hydrogen-bond acceptors (Lipinski definition) is 4. The molecular formula is C18H15F3N4S. The van der Waals surface area contributed by atoms with E-state index in [1.807, 2.05) is 12.1 Å². The zero-order valence-corrected chi connectivity index (χ0v) is 14.5. The van der Waals surface area contributed by atoms with Crippen molar-refractivity contribution >= 4 is 11.8 Å². The van der Waals surface area contributed by atoms with Gasteiger partial charge < -0.3 is 0 Å². The molecule has 0 spiro atoms. The molecule has 3 aromatic rings.